The third kappa shape index (κ3) is 4.23. The molecule has 0 radical (unpaired) electrons. The Bertz CT molecular complexity index is 643. The summed E-state index contributed by atoms with van der Waals surface area (Å²) in [5.74, 6) is 1.51. The lowest BCUT2D eigenvalue weighted by Crippen LogP contribution is -2.50. The highest BCUT2D eigenvalue weighted by Gasteiger charge is 2.34. The van der Waals surface area contributed by atoms with Crippen LogP contribution in [0.2, 0.25) is 0 Å². The molecule has 3 atom stereocenters. The zero-order valence-corrected chi connectivity index (χ0v) is 15.1. The summed E-state index contributed by atoms with van der Waals surface area (Å²) in [6.07, 6.45) is 5.32. The van der Waals surface area contributed by atoms with Crippen molar-refractivity contribution in [3.05, 3.63) is 42.4 Å². The van der Waals surface area contributed by atoms with Crippen molar-refractivity contribution in [1.29, 1.82) is 0 Å². The number of oxazole rings is 1. The number of ether oxygens (including phenoxy) is 1. The van der Waals surface area contributed by atoms with Gasteiger partial charge in [-0.15, -0.1) is 12.4 Å². The van der Waals surface area contributed by atoms with Crippen molar-refractivity contribution in [3.63, 3.8) is 0 Å². The van der Waals surface area contributed by atoms with Gasteiger partial charge in [0.1, 0.15) is 5.69 Å². The molecular weight excluding hydrogens is 338 g/mol. The predicted molar refractivity (Wildman–Crippen MR) is 99.8 cm³/mol. The van der Waals surface area contributed by atoms with Crippen molar-refractivity contribution in [2.45, 2.75) is 37.9 Å². The molecule has 4 rings (SSSR count). The molecule has 25 heavy (non-hydrogen) atoms. The molecule has 2 fully saturated rings. The first-order valence-corrected chi connectivity index (χ1v) is 8.94. The molecule has 0 bridgehead atoms. The molecule has 2 heterocycles. The maximum atomic E-state index is 5.65. The molecule has 1 saturated carbocycles. The fraction of sp³-hybridized carbons (Fsp3) is 0.526. The van der Waals surface area contributed by atoms with Gasteiger partial charge in [-0.2, -0.15) is 0 Å². The Kier molecular flexibility index (Phi) is 6.48. The molecule has 5 nitrogen and oxygen atoms in total. The lowest BCUT2D eigenvalue weighted by molar-refractivity contribution is 0.0524. The fourth-order valence-electron chi connectivity index (χ4n) is 4.03. The highest BCUT2D eigenvalue weighted by atomic mass is 35.5. The SMILES string of the molecule is Cl.c1ccc(-c2ocnc2CNC2CCCC2C2COCCN2)cc1. The molecule has 2 aliphatic rings. The van der Waals surface area contributed by atoms with Crippen LogP contribution in [0, 0.1) is 5.92 Å². The highest BCUT2D eigenvalue weighted by Crippen LogP contribution is 2.30. The zero-order valence-electron chi connectivity index (χ0n) is 14.3. The van der Waals surface area contributed by atoms with Gasteiger partial charge in [-0.1, -0.05) is 36.8 Å². The molecular formula is C19H26ClN3O2. The number of nitrogens with zero attached hydrogens (tertiary/aromatic N) is 1. The quantitative estimate of drug-likeness (QED) is 0.855. The Morgan fingerprint density at radius 1 is 1.20 bits per heavy atom. The molecule has 2 N–H and O–H groups in total. The standard InChI is InChI=1S/C19H25N3O2.ClH/c1-2-5-14(6-3-1)19-17(22-13-24-19)11-21-16-8-4-7-15(16)18-12-23-10-9-20-18;/h1-3,5-6,13,15-16,18,20-21H,4,7-12H2;1H. The van der Waals surface area contributed by atoms with Gasteiger partial charge in [0, 0.05) is 30.7 Å². The number of benzene rings is 1. The summed E-state index contributed by atoms with van der Waals surface area (Å²) in [7, 11) is 0. The third-order valence-electron chi connectivity index (χ3n) is 5.25. The average Bonchev–Trinajstić information content (AvgIpc) is 3.30. The van der Waals surface area contributed by atoms with Gasteiger partial charge in [-0.05, 0) is 18.8 Å². The van der Waals surface area contributed by atoms with Gasteiger partial charge in [-0.25, -0.2) is 4.98 Å². The van der Waals surface area contributed by atoms with Crippen LogP contribution in [-0.4, -0.2) is 36.8 Å². The monoisotopic (exact) mass is 363 g/mol. The van der Waals surface area contributed by atoms with Crippen LogP contribution in [0.15, 0.2) is 41.1 Å². The minimum atomic E-state index is 0. The Hall–Kier alpha value is -1.40. The Balaban J connectivity index is 0.00000182. The number of halogens is 1. The number of morpholine rings is 1. The second kappa shape index (κ2) is 8.81. The van der Waals surface area contributed by atoms with Crippen LogP contribution in [0.25, 0.3) is 11.3 Å². The lowest BCUT2D eigenvalue weighted by atomic mass is 9.94. The largest absolute Gasteiger partial charge is 0.443 e. The molecule has 3 unspecified atom stereocenters. The van der Waals surface area contributed by atoms with Gasteiger partial charge in [0.2, 0.25) is 0 Å². The van der Waals surface area contributed by atoms with Gasteiger partial charge < -0.3 is 19.8 Å². The van der Waals surface area contributed by atoms with Crippen molar-refractivity contribution >= 4 is 12.4 Å². The van der Waals surface area contributed by atoms with E-state index in [-0.39, 0.29) is 12.4 Å². The smallest absolute Gasteiger partial charge is 0.181 e. The van der Waals surface area contributed by atoms with Gasteiger partial charge >= 0.3 is 0 Å². The molecule has 0 spiro atoms. The summed E-state index contributed by atoms with van der Waals surface area (Å²) in [6, 6.07) is 11.2. The van der Waals surface area contributed by atoms with Gasteiger partial charge in [0.25, 0.3) is 0 Å². The van der Waals surface area contributed by atoms with E-state index in [2.05, 4.69) is 27.8 Å². The van der Waals surface area contributed by atoms with Gasteiger partial charge in [-0.3, -0.25) is 0 Å². The lowest BCUT2D eigenvalue weighted by Gasteiger charge is -2.33. The van der Waals surface area contributed by atoms with E-state index >= 15 is 0 Å². The number of hydrogen-bond donors (Lipinski definition) is 2. The summed E-state index contributed by atoms with van der Waals surface area (Å²) in [6.45, 7) is 3.38. The summed E-state index contributed by atoms with van der Waals surface area (Å²) < 4.78 is 11.3. The summed E-state index contributed by atoms with van der Waals surface area (Å²) in [5.41, 5.74) is 2.07. The van der Waals surface area contributed by atoms with E-state index in [1.54, 1.807) is 6.39 Å². The molecule has 1 aliphatic carbocycles. The van der Waals surface area contributed by atoms with E-state index in [4.69, 9.17) is 9.15 Å². The van der Waals surface area contributed by atoms with Crippen LogP contribution in [0.1, 0.15) is 25.0 Å². The van der Waals surface area contributed by atoms with E-state index in [9.17, 15) is 0 Å². The van der Waals surface area contributed by atoms with Crippen LogP contribution in [0.3, 0.4) is 0 Å². The molecule has 1 saturated heterocycles. The number of nitrogens with one attached hydrogen (secondary N) is 2. The molecule has 2 aromatic rings. The molecule has 0 amide bonds. The average molecular weight is 364 g/mol. The molecule has 6 heteroatoms. The molecule has 136 valence electrons. The topological polar surface area (TPSA) is 59.3 Å². The summed E-state index contributed by atoms with van der Waals surface area (Å²) in [4.78, 5) is 4.42. The minimum Gasteiger partial charge on any atom is -0.443 e. The van der Waals surface area contributed by atoms with Crippen molar-refractivity contribution in [3.8, 4) is 11.3 Å². The first-order valence-electron chi connectivity index (χ1n) is 8.94. The first-order chi connectivity index (χ1) is 11.9. The van der Waals surface area contributed by atoms with E-state index in [0.29, 0.717) is 18.0 Å². The maximum Gasteiger partial charge on any atom is 0.181 e. The van der Waals surface area contributed by atoms with Crippen molar-refractivity contribution in [2.75, 3.05) is 19.8 Å². The molecule has 1 aromatic heterocycles. The molecule has 1 aliphatic heterocycles. The predicted octanol–water partition coefficient (Wildman–Crippen LogP) is 3.01. The number of aromatic nitrogens is 1. The first kappa shape index (κ1) is 18.4. The summed E-state index contributed by atoms with van der Waals surface area (Å²) >= 11 is 0. The zero-order chi connectivity index (χ0) is 16.2. The Morgan fingerprint density at radius 3 is 2.88 bits per heavy atom. The fourth-order valence-corrected chi connectivity index (χ4v) is 4.03. The van der Waals surface area contributed by atoms with E-state index in [0.717, 1.165) is 43.3 Å². The minimum absolute atomic E-state index is 0. The van der Waals surface area contributed by atoms with Crippen LogP contribution in [-0.2, 0) is 11.3 Å². The van der Waals surface area contributed by atoms with Gasteiger partial charge in [0.05, 0.1) is 13.2 Å². The normalized spacial score (nSPS) is 26.3. The van der Waals surface area contributed by atoms with Crippen LogP contribution in [0.5, 0.6) is 0 Å². The van der Waals surface area contributed by atoms with Crippen LogP contribution >= 0.6 is 12.4 Å². The van der Waals surface area contributed by atoms with Crippen molar-refractivity contribution in [2.24, 2.45) is 5.92 Å². The Morgan fingerprint density at radius 2 is 2.08 bits per heavy atom. The number of hydrogen-bond acceptors (Lipinski definition) is 5. The maximum absolute atomic E-state index is 5.65. The Labute approximate surface area is 155 Å². The van der Waals surface area contributed by atoms with E-state index in [1.165, 1.54) is 19.3 Å². The van der Waals surface area contributed by atoms with Crippen molar-refractivity contribution < 1.29 is 9.15 Å². The van der Waals surface area contributed by atoms with E-state index < -0.39 is 0 Å². The van der Waals surface area contributed by atoms with E-state index in [1.807, 2.05) is 18.2 Å². The summed E-state index contributed by atoms with van der Waals surface area (Å²) in [5, 5.41) is 7.35. The van der Waals surface area contributed by atoms with Crippen molar-refractivity contribution in [1.82, 2.24) is 15.6 Å². The van der Waals surface area contributed by atoms with Crippen LogP contribution < -0.4 is 10.6 Å². The van der Waals surface area contributed by atoms with Gasteiger partial charge in [0.15, 0.2) is 12.2 Å². The second-order valence-corrected chi connectivity index (χ2v) is 6.71. The second-order valence-electron chi connectivity index (χ2n) is 6.71. The van der Waals surface area contributed by atoms with Crippen LogP contribution in [0.4, 0.5) is 0 Å². The highest BCUT2D eigenvalue weighted by molar-refractivity contribution is 5.85. The number of rotatable bonds is 5. The third-order valence-corrected chi connectivity index (χ3v) is 5.25. The molecule has 1 aromatic carbocycles.